The minimum atomic E-state index is -0.365. The predicted octanol–water partition coefficient (Wildman–Crippen LogP) is 0.581. The number of ether oxygens (including phenoxy) is 1. The molecule has 0 aliphatic carbocycles. The van der Waals surface area contributed by atoms with Gasteiger partial charge in [0.25, 0.3) is 5.91 Å². The van der Waals surface area contributed by atoms with Crippen LogP contribution < -0.4 is 10.5 Å². The molecule has 1 fully saturated rings. The molecule has 1 aliphatic rings. The van der Waals surface area contributed by atoms with Crippen LogP contribution in [0.5, 0.6) is 5.75 Å². The quantitative estimate of drug-likeness (QED) is 0.847. The molecule has 1 aromatic heterocycles. The smallest absolute Gasteiger partial charge is 0.263 e. The summed E-state index contributed by atoms with van der Waals surface area (Å²) in [7, 11) is 1.79. The molecule has 2 unspecified atom stereocenters. The largest absolute Gasteiger partial charge is 0.479 e. The number of hydrogen-bond acceptors (Lipinski definition) is 4. The van der Waals surface area contributed by atoms with Crippen molar-refractivity contribution in [1.82, 2.24) is 9.88 Å². The van der Waals surface area contributed by atoms with E-state index in [1.165, 1.54) is 0 Å². The number of carbonyl (C=O) groups is 1. The summed E-state index contributed by atoms with van der Waals surface area (Å²) in [6.07, 6.45) is 2.77. The van der Waals surface area contributed by atoms with Crippen molar-refractivity contribution in [3.63, 3.8) is 0 Å². The standard InChI is InChI=1S/C13H19N3O2/c1-9(14)7-10-3-4-11(8-15-10)18-12-5-6-16(2)13(12)17/h3-4,8-9,12H,5-7,14H2,1-2H3. The summed E-state index contributed by atoms with van der Waals surface area (Å²) in [6, 6.07) is 3.83. The van der Waals surface area contributed by atoms with Gasteiger partial charge in [0.2, 0.25) is 0 Å². The van der Waals surface area contributed by atoms with E-state index in [9.17, 15) is 4.79 Å². The maximum absolute atomic E-state index is 11.7. The molecule has 1 saturated heterocycles. The number of amides is 1. The molecule has 98 valence electrons. The van der Waals surface area contributed by atoms with E-state index in [0.29, 0.717) is 5.75 Å². The van der Waals surface area contributed by atoms with Crippen LogP contribution in [0.15, 0.2) is 18.3 Å². The molecule has 5 nitrogen and oxygen atoms in total. The summed E-state index contributed by atoms with van der Waals surface area (Å²) in [5.41, 5.74) is 6.64. The highest BCUT2D eigenvalue weighted by Crippen LogP contribution is 2.18. The van der Waals surface area contributed by atoms with Crippen molar-refractivity contribution >= 4 is 5.91 Å². The third-order valence-electron chi connectivity index (χ3n) is 2.99. The molecule has 2 heterocycles. The number of pyridine rings is 1. The van der Waals surface area contributed by atoms with Crippen LogP contribution in [0.1, 0.15) is 19.0 Å². The zero-order valence-corrected chi connectivity index (χ0v) is 10.8. The van der Waals surface area contributed by atoms with E-state index in [4.69, 9.17) is 10.5 Å². The highest BCUT2D eigenvalue weighted by Gasteiger charge is 2.30. The number of carbonyl (C=O) groups excluding carboxylic acids is 1. The Bertz CT molecular complexity index is 417. The van der Waals surface area contributed by atoms with Gasteiger partial charge in [-0.25, -0.2) is 0 Å². The van der Waals surface area contributed by atoms with Gasteiger partial charge in [0.05, 0.1) is 6.20 Å². The lowest BCUT2D eigenvalue weighted by Gasteiger charge is -2.13. The van der Waals surface area contributed by atoms with Crippen LogP contribution in [0.3, 0.4) is 0 Å². The molecule has 1 aliphatic heterocycles. The Kier molecular flexibility index (Phi) is 3.81. The summed E-state index contributed by atoms with van der Waals surface area (Å²) < 4.78 is 5.63. The van der Waals surface area contributed by atoms with Gasteiger partial charge in [-0.15, -0.1) is 0 Å². The van der Waals surface area contributed by atoms with Crippen molar-refractivity contribution < 1.29 is 9.53 Å². The second-order valence-electron chi connectivity index (χ2n) is 4.82. The summed E-state index contributed by atoms with van der Waals surface area (Å²) in [4.78, 5) is 17.6. The fourth-order valence-corrected chi connectivity index (χ4v) is 2.00. The molecule has 1 amide bonds. The third kappa shape index (κ3) is 2.98. The van der Waals surface area contributed by atoms with E-state index in [-0.39, 0.29) is 18.1 Å². The second-order valence-corrected chi connectivity index (χ2v) is 4.82. The number of hydrogen-bond donors (Lipinski definition) is 1. The topological polar surface area (TPSA) is 68.5 Å². The van der Waals surface area contributed by atoms with Crippen molar-refractivity contribution in [1.29, 1.82) is 0 Å². The lowest BCUT2D eigenvalue weighted by Crippen LogP contribution is -2.29. The van der Waals surface area contributed by atoms with Crippen molar-refractivity contribution in [3.8, 4) is 5.75 Å². The summed E-state index contributed by atoms with van der Waals surface area (Å²) in [5.74, 6) is 0.673. The van der Waals surface area contributed by atoms with E-state index in [1.54, 1.807) is 18.1 Å². The molecular weight excluding hydrogens is 230 g/mol. The average molecular weight is 249 g/mol. The summed E-state index contributed by atoms with van der Waals surface area (Å²) in [5, 5.41) is 0. The Morgan fingerprint density at radius 3 is 2.89 bits per heavy atom. The van der Waals surface area contributed by atoms with E-state index >= 15 is 0 Å². The Balaban J connectivity index is 1.96. The molecule has 0 aromatic carbocycles. The normalized spacial score (nSPS) is 21.2. The van der Waals surface area contributed by atoms with E-state index < -0.39 is 0 Å². The van der Waals surface area contributed by atoms with E-state index in [2.05, 4.69) is 4.98 Å². The van der Waals surface area contributed by atoms with Gasteiger partial charge >= 0.3 is 0 Å². The number of likely N-dealkylation sites (N-methyl/N-ethyl adjacent to an activating group) is 1. The Morgan fingerprint density at radius 1 is 1.61 bits per heavy atom. The average Bonchev–Trinajstić information content (AvgIpc) is 2.63. The van der Waals surface area contributed by atoms with Crippen LogP contribution in [0.25, 0.3) is 0 Å². The summed E-state index contributed by atoms with van der Waals surface area (Å²) in [6.45, 7) is 2.69. The minimum Gasteiger partial charge on any atom is -0.479 e. The number of nitrogens with zero attached hydrogens (tertiary/aromatic N) is 2. The van der Waals surface area contributed by atoms with Gasteiger partial charge in [-0.3, -0.25) is 9.78 Å². The molecule has 0 radical (unpaired) electrons. The van der Waals surface area contributed by atoms with Crippen LogP contribution in [0.4, 0.5) is 0 Å². The molecular formula is C13H19N3O2. The maximum atomic E-state index is 11.7. The van der Waals surface area contributed by atoms with Crippen molar-refractivity contribution in [2.45, 2.75) is 31.9 Å². The van der Waals surface area contributed by atoms with Crippen LogP contribution >= 0.6 is 0 Å². The van der Waals surface area contributed by atoms with Gasteiger partial charge in [-0.1, -0.05) is 0 Å². The maximum Gasteiger partial charge on any atom is 0.263 e. The minimum absolute atomic E-state index is 0.0367. The summed E-state index contributed by atoms with van der Waals surface area (Å²) >= 11 is 0. The predicted molar refractivity (Wildman–Crippen MR) is 68.3 cm³/mol. The Morgan fingerprint density at radius 2 is 2.39 bits per heavy atom. The molecule has 18 heavy (non-hydrogen) atoms. The van der Waals surface area contributed by atoms with Gasteiger partial charge in [0.1, 0.15) is 5.75 Å². The van der Waals surface area contributed by atoms with Gasteiger partial charge in [-0.2, -0.15) is 0 Å². The highest BCUT2D eigenvalue weighted by molar-refractivity contribution is 5.83. The zero-order valence-electron chi connectivity index (χ0n) is 10.8. The molecule has 1 aromatic rings. The number of aromatic nitrogens is 1. The van der Waals surface area contributed by atoms with Crippen molar-refractivity contribution in [3.05, 3.63) is 24.0 Å². The van der Waals surface area contributed by atoms with Gasteiger partial charge in [-0.05, 0) is 19.1 Å². The van der Waals surface area contributed by atoms with Crippen LogP contribution in [0, 0.1) is 0 Å². The lowest BCUT2D eigenvalue weighted by molar-refractivity contribution is -0.132. The van der Waals surface area contributed by atoms with Crippen LogP contribution in [-0.2, 0) is 11.2 Å². The molecule has 2 atom stereocenters. The molecule has 5 heteroatoms. The van der Waals surface area contributed by atoms with Crippen LogP contribution in [-0.4, -0.2) is 41.5 Å². The number of nitrogens with two attached hydrogens (primary N) is 1. The van der Waals surface area contributed by atoms with Gasteiger partial charge in [0.15, 0.2) is 6.10 Å². The SMILES string of the molecule is CC(N)Cc1ccc(OC2CCN(C)C2=O)cn1. The van der Waals surface area contributed by atoms with E-state index in [0.717, 1.165) is 25.1 Å². The molecule has 0 spiro atoms. The second kappa shape index (κ2) is 5.35. The monoisotopic (exact) mass is 249 g/mol. The van der Waals surface area contributed by atoms with Crippen LogP contribution in [0.2, 0.25) is 0 Å². The van der Waals surface area contributed by atoms with Crippen molar-refractivity contribution in [2.24, 2.45) is 5.73 Å². The van der Waals surface area contributed by atoms with Gasteiger partial charge in [0, 0.05) is 38.2 Å². The number of rotatable bonds is 4. The first-order valence-corrected chi connectivity index (χ1v) is 6.18. The number of likely N-dealkylation sites (tertiary alicyclic amines) is 1. The third-order valence-corrected chi connectivity index (χ3v) is 2.99. The molecule has 2 rings (SSSR count). The lowest BCUT2D eigenvalue weighted by atomic mass is 10.2. The first-order valence-electron chi connectivity index (χ1n) is 6.18. The molecule has 0 saturated carbocycles. The zero-order chi connectivity index (χ0) is 13.1. The van der Waals surface area contributed by atoms with Crippen molar-refractivity contribution in [2.75, 3.05) is 13.6 Å². The first kappa shape index (κ1) is 12.8. The Hall–Kier alpha value is -1.62. The molecule has 0 bridgehead atoms. The first-order chi connectivity index (χ1) is 8.56. The highest BCUT2D eigenvalue weighted by atomic mass is 16.5. The fourth-order valence-electron chi connectivity index (χ4n) is 2.00. The Labute approximate surface area is 107 Å². The molecule has 2 N–H and O–H groups in total. The fraction of sp³-hybridized carbons (Fsp3) is 0.538. The van der Waals surface area contributed by atoms with Gasteiger partial charge < -0.3 is 15.4 Å². The van der Waals surface area contributed by atoms with E-state index in [1.807, 2.05) is 19.1 Å².